The smallest absolute Gasteiger partial charge is 0.337 e. The molecule has 158 valence electrons. The standard InChI is InChI=1S/C27H27NO3/c1-30-26(29)20-6-9-21(10-7-20)27(17-19-5-8-23(27)16-19)22-11-13-25(14-12-22)31-18-24-4-2-3-15-28-24/h2-4,6-7,9-15,19,23H,5,8,16-18H2,1H3. The van der Waals surface area contributed by atoms with E-state index in [0.29, 0.717) is 18.1 Å². The number of ether oxygens (including phenoxy) is 2. The molecular formula is C27H27NO3. The fourth-order valence-corrected chi connectivity index (χ4v) is 5.71. The zero-order valence-electron chi connectivity index (χ0n) is 17.8. The molecule has 2 aromatic carbocycles. The summed E-state index contributed by atoms with van der Waals surface area (Å²) >= 11 is 0. The molecule has 0 radical (unpaired) electrons. The van der Waals surface area contributed by atoms with Crippen LogP contribution in [0.25, 0.3) is 0 Å². The van der Waals surface area contributed by atoms with Crippen LogP contribution < -0.4 is 4.74 Å². The fraction of sp³-hybridized carbons (Fsp3) is 0.333. The van der Waals surface area contributed by atoms with Gasteiger partial charge in [-0.1, -0.05) is 36.8 Å². The summed E-state index contributed by atoms with van der Waals surface area (Å²) < 4.78 is 10.8. The van der Waals surface area contributed by atoms with Crippen molar-refractivity contribution >= 4 is 5.97 Å². The third-order valence-corrected chi connectivity index (χ3v) is 7.15. The molecule has 1 aromatic heterocycles. The van der Waals surface area contributed by atoms with Crippen LogP contribution >= 0.6 is 0 Å². The molecule has 4 nitrogen and oxygen atoms in total. The summed E-state index contributed by atoms with van der Waals surface area (Å²) in [6.45, 7) is 0.463. The number of carbonyl (C=O) groups excluding carboxylic acids is 1. The highest BCUT2D eigenvalue weighted by Crippen LogP contribution is 2.60. The summed E-state index contributed by atoms with van der Waals surface area (Å²) in [4.78, 5) is 16.2. The van der Waals surface area contributed by atoms with Crippen LogP contribution in [0.4, 0.5) is 0 Å². The first-order valence-corrected chi connectivity index (χ1v) is 11.0. The molecule has 0 N–H and O–H groups in total. The molecule has 31 heavy (non-hydrogen) atoms. The molecule has 2 bridgehead atoms. The van der Waals surface area contributed by atoms with Crippen molar-refractivity contribution in [2.45, 2.75) is 37.7 Å². The second kappa shape index (κ2) is 8.18. The molecule has 3 aromatic rings. The SMILES string of the molecule is COC(=O)c1ccc(C2(c3ccc(OCc4ccccn4)cc3)CC3CCC2C3)cc1. The Labute approximate surface area is 183 Å². The number of hydrogen-bond acceptors (Lipinski definition) is 4. The molecule has 3 unspecified atom stereocenters. The number of hydrogen-bond donors (Lipinski definition) is 0. The van der Waals surface area contributed by atoms with E-state index in [4.69, 9.17) is 9.47 Å². The molecule has 0 spiro atoms. The first-order valence-electron chi connectivity index (χ1n) is 11.0. The summed E-state index contributed by atoms with van der Waals surface area (Å²) in [5.41, 5.74) is 4.17. The second-order valence-corrected chi connectivity index (χ2v) is 8.75. The second-order valence-electron chi connectivity index (χ2n) is 8.75. The molecule has 1 heterocycles. The normalized spacial score (nSPS) is 24.2. The maximum absolute atomic E-state index is 11.9. The summed E-state index contributed by atoms with van der Waals surface area (Å²) in [6.07, 6.45) is 6.84. The van der Waals surface area contributed by atoms with E-state index < -0.39 is 0 Å². The van der Waals surface area contributed by atoms with E-state index in [9.17, 15) is 4.79 Å². The van der Waals surface area contributed by atoms with E-state index in [1.54, 1.807) is 6.20 Å². The van der Waals surface area contributed by atoms with Gasteiger partial charge in [0.2, 0.25) is 0 Å². The maximum atomic E-state index is 11.9. The first-order chi connectivity index (χ1) is 15.2. The molecule has 0 saturated heterocycles. The molecule has 5 rings (SSSR count). The van der Waals surface area contributed by atoms with Gasteiger partial charge in [0.1, 0.15) is 12.4 Å². The van der Waals surface area contributed by atoms with Crippen molar-refractivity contribution < 1.29 is 14.3 Å². The Kier molecular flexibility index (Phi) is 5.23. The number of methoxy groups -OCH3 is 1. The van der Waals surface area contributed by atoms with Crippen molar-refractivity contribution in [2.75, 3.05) is 7.11 Å². The van der Waals surface area contributed by atoms with Gasteiger partial charge in [0, 0.05) is 11.6 Å². The first kappa shape index (κ1) is 19.8. The number of carbonyl (C=O) groups is 1. The van der Waals surface area contributed by atoms with Gasteiger partial charge in [-0.3, -0.25) is 4.98 Å². The number of esters is 1. The number of nitrogens with zero attached hydrogens (tertiary/aromatic N) is 1. The van der Waals surface area contributed by atoms with Gasteiger partial charge in [0.25, 0.3) is 0 Å². The van der Waals surface area contributed by atoms with Crippen molar-refractivity contribution in [3.63, 3.8) is 0 Å². The molecular weight excluding hydrogens is 386 g/mol. The van der Waals surface area contributed by atoms with Crippen LogP contribution in [0.5, 0.6) is 5.75 Å². The van der Waals surface area contributed by atoms with Crippen molar-refractivity contribution in [2.24, 2.45) is 11.8 Å². The van der Waals surface area contributed by atoms with Gasteiger partial charge in [-0.15, -0.1) is 0 Å². The van der Waals surface area contributed by atoms with Crippen LogP contribution in [0.15, 0.2) is 72.9 Å². The Balaban J connectivity index is 1.42. The Bertz CT molecular complexity index is 1050. The van der Waals surface area contributed by atoms with E-state index in [1.807, 2.05) is 30.3 Å². The van der Waals surface area contributed by atoms with Gasteiger partial charge in [-0.25, -0.2) is 4.79 Å². The van der Waals surface area contributed by atoms with Crippen LogP contribution in [0, 0.1) is 11.8 Å². The average Bonchev–Trinajstić information content (AvgIpc) is 3.46. The third-order valence-electron chi connectivity index (χ3n) is 7.15. The lowest BCUT2D eigenvalue weighted by atomic mass is 9.64. The molecule has 2 aliphatic carbocycles. The number of pyridine rings is 1. The number of rotatable bonds is 6. The van der Waals surface area contributed by atoms with E-state index >= 15 is 0 Å². The minimum Gasteiger partial charge on any atom is -0.487 e. The number of benzene rings is 2. The summed E-state index contributed by atoms with van der Waals surface area (Å²) in [7, 11) is 1.42. The van der Waals surface area contributed by atoms with Gasteiger partial charge in [-0.2, -0.15) is 0 Å². The van der Waals surface area contributed by atoms with Crippen LogP contribution in [0.2, 0.25) is 0 Å². The Morgan fingerprint density at radius 3 is 2.32 bits per heavy atom. The molecule has 3 atom stereocenters. The fourth-order valence-electron chi connectivity index (χ4n) is 5.71. The van der Waals surface area contributed by atoms with Gasteiger partial charge < -0.3 is 9.47 Å². The van der Waals surface area contributed by atoms with Crippen molar-refractivity contribution in [3.8, 4) is 5.75 Å². The van der Waals surface area contributed by atoms with E-state index in [-0.39, 0.29) is 11.4 Å². The lowest BCUT2D eigenvalue weighted by Crippen LogP contribution is -2.34. The Hall–Kier alpha value is -3.14. The zero-order valence-corrected chi connectivity index (χ0v) is 17.8. The Morgan fingerprint density at radius 2 is 1.74 bits per heavy atom. The quantitative estimate of drug-likeness (QED) is 0.497. The summed E-state index contributed by atoms with van der Waals surface area (Å²) in [5.74, 6) is 1.99. The predicted octanol–water partition coefficient (Wildman–Crippen LogP) is 5.55. The van der Waals surface area contributed by atoms with Crippen LogP contribution in [-0.4, -0.2) is 18.1 Å². The molecule has 2 aliphatic rings. The van der Waals surface area contributed by atoms with Crippen molar-refractivity contribution in [3.05, 3.63) is 95.3 Å². The Morgan fingerprint density at radius 1 is 1.00 bits per heavy atom. The summed E-state index contributed by atoms with van der Waals surface area (Å²) in [5, 5.41) is 0. The van der Waals surface area contributed by atoms with E-state index in [1.165, 1.54) is 43.9 Å². The van der Waals surface area contributed by atoms with Crippen LogP contribution in [0.3, 0.4) is 0 Å². The highest BCUT2D eigenvalue weighted by atomic mass is 16.5. The highest BCUT2D eigenvalue weighted by Gasteiger charge is 2.52. The molecule has 2 fully saturated rings. The third kappa shape index (κ3) is 3.60. The summed E-state index contributed by atoms with van der Waals surface area (Å²) in [6, 6.07) is 22.5. The minimum atomic E-state index is -0.289. The molecule has 4 heteroatoms. The predicted molar refractivity (Wildman–Crippen MR) is 119 cm³/mol. The number of fused-ring (bicyclic) bond motifs is 2. The largest absolute Gasteiger partial charge is 0.487 e. The van der Waals surface area contributed by atoms with Gasteiger partial charge in [-0.05, 0) is 78.6 Å². The minimum absolute atomic E-state index is 0.0110. The van der Waals surface area contributed by atoms with Gasteiger partial charge in [0.15, 0.2) is 0 Å². The lowest BCUT2D eigenvalue weighted by molar-refractivity contribution is 0.0600. The van der Waals surface area contributed by atoms with E-state index in [2.05, 4.69) is 41.4 Å². The van der Waals surface area contributed by atoms with Gasteiger partial charge >= 0.3 is 5.97 Å². The average molecular weight is 414 g/mol. The van der Waals surface area contributed by atoms with E-state index in [0.717, 1.165) is 17.4 Å². The van der Waals surface area contributed by atoms with Crippen LogP contribution in [-0.2, 0) is 16.8 Å². The van der Waals surface area contributed by atoms with Crippen molar-refractivity contribution in [1.82, 2.24) is 4.98 Å². The topological polar surface area (TPSA) is 48.4 Å². The monoisotopic (exact) mass is 413 g/mol. The highest BCUT2D eigenvalue weighted by molar-refractivity contribution is 5.89. The molecule has 0 amide bonds. The molecule has 2 saturated carbocycles. The van der Waals surface area contributed by atoms with Gasteiger partial charge in [0.05, 0.1) is 18.4 Å². The lowest BCUT2D eigenvalue weighted by Gasteiger charge is -2.39. The number of aromatic nitrogens is 1. The van der Waals surface area contributed by atoms with Crippen LogP contribution in [0.1, 0.15) is 52.9 Å². The molecule has 0 aliphatic heterocycles. The van der Waals surface area contributed by atoms with Crippen molar-refractivity contribution in [1.29, 1.82) is 0 Å². The zero-order chi connectivity index (χ0) is 21.3. The maximum Gasteiger partial charge on any atom is 0.337 e.